The number of hydrogen-bond donors (Lipinski definition) is 1. The first-order valence-corrected chi connectivity index (χ1v) is 11.9. The number of carbonyl (C=O) groups is 1. The maximum atomic E-state index is 12.8. The molecular weight excluding hydrogens is 400 g/mol. The number of methoxy groups -OCH3 is 1. The highest BCUT2D eigenvalue weighted by Crippen LogP contribution is 2.26. The summed E-state index contributed by atoms with van der Waals surface area (Å²) in [5.74, 6) is 0.508. The molecular formula is C23H30N2O4S. The Kier molecular flexibility index (Phi) is 7.15. The molecule has 1 aliphatic rings. The van der Waals surface area contributed by atoms with Gasteiger partial charge in [-0.2, -0.15) is 0 Å². The number of hydrogen-bond acceptors (Lipinski definition) is 4. The first-order chi connectivity index (χ1) is 14.3. The zero-order valence-electron chi connectivity index (χ0n) is 17.8. The number of benzene rings is 2. The minimum Gasteiger partial charge on any atom is -0.496 e. The fourth-order valence-corrected chi connectivity index (χ4v) is 5.38. The summed E-state index contributed by atoms with van der Waals surface area (Å²) < 4.78 is 32.4. The maximum absolute atomic E-state index is 12.8. The minimum absolute atomic E-state index is 0.00498. The van der Waals surface area contributed by atoms with Crippen molar-refractivity contribution in [2.75, 3.05) is 20.2 Å². The predicted molar refractivity (Wildman–Crippen MR) is 118 cm³/mol. The van der Waals surface area contributed by atoms with E-state index in [1.54, 1.807) is 7.11 Å². The monoisotopic (exact) mass is 430 g/mol. The Morgan fingerprint density at radius 3 is 2.40 bits per heavy atom. The van der Waals surface area contributed by atoms with Crippen LogP contribution in [0.3, 0.4) is 0 Å². The number of sulfonamides is 1. The van der Waals surface area contributed by atoms with Gasteiger partial charge in [0.2, 0.25) is 15.9 Å². The van der Waals surface area contributed by atoms with Crippen molar-refractivity contribution in [3.63, 3.8) is 0 Å². The molecule has 0 aromatic heterocycles. The topological polar surface area (TPSA) is 75.7 Å². The van der Waals surface area contributed by atoms with Crippen molar-refractivity contribution >= 4 is 15.9 Å². The molecule has 1 atom stereocenters. The second kappa shape index (κ2) is 9.62. The van der Waals surface area contributed by atoms with E-state index >= 15 is 0 Å². The van der Waals surface area contributed by atoms with Gasteiger partial charge in [-0.15, -0.1) is 0 Å². The molecule has 0 spiro atoms. The zero-order chi connectivity index (χ0) is 21.7. The van der Waals surface area contributed by atoms with Gasteiger partial charge in [-0.05, 0) is 38.3 Å². The third-order valence-corrected chi connectivity index (χ3v) is 7.50. The van der Waals surface area contributed by atoms with Gasteiger partial charge in [0, 0.05) is 24.6 Å². The Morgan fingerprint density at radius 1 is 1.13 bits per heavy atom. The molecule has 3 rings (SSSR count). The number of aryl methyl sites for hydroxylation is 1. The molecule has 1 aliphatic heterocycles. The lowest BCUT2D eigenvalue weighted by Gasteiger charge is -2.31. The maximum Gasteiger partial charge on any atom is 0.223 e. The van der Waals surface area contributed by atoms with E-state index in [1.165, 1.54) is 4.31 Å². The molecule has 1 amide bonds. The zero-order valence-corrected chi connectivity index (χ0v) is 18.6. The van der Waals surface area contributed by atoms with E-state index in [4.69, 9.17) is 4.74 Å². The Morgan fingerprint density at radius 2 is 1.77 bits per heavy atom. The van der Waals surface area contributed by atoms with Crippen LogP contribution < -0.4 is 10.1 Å². The number of piperidine rings is 1. The van der Waals surface area contributed by atoms with Gasteiger partial charge < -0.3 is 10.1 Å². The average Bonchev–Trinajstić information content (AvgIpc) is 2.75. The predicted octanol–water partition coefficient (Wildman–Crippen LogP) is 3.42. The molecule has 1 heterocycles. The lowest BCUT2D eigenvalue weighted by molar-refractivity contribution is -0.126. The summed E-state index contributed by atoms with van der Waals surface area (Å²) in [5.41, 5.74) is 2.81. The molecule has 0 aliphatic carbocycles. The lowest BCUT2D eigenvalue weighted by Crippen LogP contribution is -2.43. The van der Waals surface area contributed by atoms with Crippen LogP contribution in [0.2, 0.25) is 0 Å². The normalized spacial score (nSPS) is 16.8. The summed E-state index contributed by atoms with van der Waals surface area (Å²) in [5, 5.41) is 3.05. The van der Waals surface area contributed by atoms with Gasteiger partial charge in [-0.1, -0.05) is 48.0 Å². The van der Waals surface area contributed by atoms with Crippen molar-refractivity contribution in [2.45, 2.75) is 38.5 Å². The van der Waals surface area contributed by atoms with Crippen LogP contribution in [0.5, 0.6) is 5.75 Å². The first kappa shape index (κ1) is 22.3. The van der Waals surface area contributed by atoms with Crippen LogP contribution in [0.1, 0.15) is 42.5 Å². The van der Waals surface area contributed by atoms with Crippen LogP contribution in [0.25, 0.3) is 0 Å². The van der Waals surface area contributed by atoms with Crippen molar-refractivity contribution < 1.29 is 17.9 Å². The SMILES string of the molecule is COc1ccccc1C(C)NC(=O)C1CCN(S(=O)(=O)Cc2ccc(C)cc2)CC1. The van der Waals surface area contributed by atoms with Gasteiger partial charge in [-0.3, -0.25) is 4.79 Å². The Bertz CT molecular complexity index is 965. The molecule has 1 unspecified atom stereocenters. The number of amides is 1. The number of rotatable bonds is 7. The van der Waals surface area contributed by atoms with E-state index in [2.05, 4.69) is 5.32 Å². The summed E-state index contributed by atoms with van der Waals surface area (Å²) in [6.07, 6.45) is 1.05. The highest BCUT2D eigenvalue weighted by molar-refractivity contribution is 7.88. The number of nitrogens with one attached hydrogen (secondary N) is 1. The highest BCUT2D eigenvalue weighted by atomic mass is 32.2. The van der Waals surface area contributed by atoms with E-state index in [1.807, 2.05) is 62.4 Å². The minimum atomic E-state index is -3.39. The molecule has 30 heavy (non-hydrogen) atoms. The largest absolute Gasteiger partial charge is 0.496 e. The van der Waals surface area contributed by atoms with E-state index in [0.29, 0.717) is 25.9 Å². The average molecular weight is 431 g/mol. The third kappa shape index (κ3) is 5.40. The highest BCUT2D eigenvalue weighted by Gasteiger charge is 2.31. The summed E-state index contributed by atoms with van der Waals surface area (Å²) in [6.45, 7) is 4.64. The number of para-hydroxylation sites is 1. The van der Waals surface area contributed by atoms with Gasteiger partial charge in [0.1, 0.15) is 5.75 Å². The van der Waals surface area contributed by atoms with Crippen LogP contribution >= 0.6 is 0 Å². The molecule has 1 N–H and O–H groups in total. The number of carbonyl (C=O) groups excluding carboxylic acids is 1. The summed E-state index contributed by atoms with van der Waals surface area (Å²) >= 11 is 0. The third-order valence-electron chi connectivity index (χ3n) is 5.65. The van der Waals surface area contributed by atoms with E-state index < -0.39 is 10.0 Å². The first-order valence-electron chi connectivity index (χ1n) is 10.3. The molecule has 2 aromatic rings. The number of ether oxygens (including phenoxy) is 1. The Hall–Kier alpha value is -2.38. The van der Waals surface area contributed by atoms with Crippen molar-refractivity contribution in [3.8, 4) is 5.75 Å². The molecule has 7 heteroatoms. The quantitative estimate of drug-likeness (QED) is 0.730. The van der Waals surface area contributed by atoms with Crippen molar-refractivity contribution in [2.24, 2.45) is 5.92 Å². The number of nitrogens with zero attached hydrogens (tertiary/aromatic N) is 1. The van der Waals surface area contributed by atoms with Crippen LogP contribution in [0, 0.1) is 12.8 Å². The molecule has 0 saturated carbocycles. The second-order valence-electron chi connectivity index (χ2n) is 7.89. The van der Waals surface area contributed by atoms with Crippen molar-refractivity contribution in [1.82, 2.24) is 9.62 Å². The van der Waals surface area contributed by atoms with E-state index in [0.717, 1.165) is 22.4 Å². The van der Waals surface area contributed by atoms with Gasteiger partial charge in [0.15, 0.2) is 0 Å². The standard InChI is InChI=1S/C23H30N2O4S/c1-17-8-10-19(11-9-17)16-30(27,28)25-14-12-20(13-15-25)23(26)24-18(2)21-6-4-5-7-22(21)29-3/h4-11,18,20H,12-16H2,1-3H3,(H,24,26). The Balaban J connectivity index is 1.55. The lowest BCUT2D eigenvalue weighted by atomic mass is 9.96. The fraction of sp³-hybridized carbons (Fsp3) is 0.435. The van der Waals surface area contributed by atoms with E-state index in [9.17, 15) is 13.2 Å². The van der Waals surface area contributed by atoms with Crippen LogP contribution in [-0.4, -0.2) is 38.8 Å². The molecule has 6 nitrogen and oxygen atoms in total. The fourth-order valence-electron chi connectivity index (χ4n) is 3.82. The van der Waals surface area contributed by atoms with E-state index in [-0.39, 0.29) is 23.6 Å². The second-order valence-corrected chi connectivity index (χ2v) is 9.86. The van der Waals surface area contributed by atoms with Crippen LogP contribution in [0.4, 0.5) is 0 Å². The molecule has 0 radical (unpaired) electrons. The van der Waals surface area contributed by atoms with Crippen LogP contribution in [0.15, 0.2) is 48.5 Å². The van der Waals surface area contributed by atoms with Gasteiger partial charge in [0.25, 0.3) is 0 Å². The molecule has 162 valence electrons. The molecule has 2 aromatic carbocycles. The molecule has 1 saturated heterocycles. The summed E-state index contributed by atoms with van der Waals surface area (Å²) in [4.78, 5) is 12.7. The molecule has 0 bridgehead atoms. The van der Waals surface area contributed by atoms with Gasteiger partial charge in [0.05, 0.1) is 18.9 Å². The van der Waals surface area contributed by atoms with Gasteiger partial charge >= 0.3 is 0 Å². The summed E-state index contributed by atoms with van der Waals surface area (Å²) in [7, 11) is -1.78. The smallest absolute Gasteiger partial charge is 0.223 e. The van der Waals surface area contributed by atoms with Crippen LogP contribution in [-0.2, 0) is 20.6 Å². The molecule has 1 fully saturated rings. The van der Waals surface area contributed by atoms with Crippen molar-refractivity contribution in [3.05, 3.63) is 65.2 Å². The Labute approximate surface area is 179 Å². The van der Waals surface area contributed by atoms with Crippen molar-refractivity contribution in [1.29, 1.82) is 0 Å². The summed E-state index contributed by atoms with van der Waals surface area (Å²) in [6, 6.07) is 15.0. The van der Waals surface area contributed by atoms with Gasteiger partial charge in [-0.25, -0.2) is 12.7 Å².